The van der Waals surface area contributed by atoms with Crippen molar-refractivity contribution in [3.63, 3.8) is 0 Å². The van der Waals surface area contributed by atoms with E-state index in [0.29, 0.717) is 19.6 Å². The van der Waals surface area contributed by atoms with E-state index in [-0.39, 0.29) is 23.7 Å². The lowest BCUT2D eigenvalue weighted by Gasteiger charge is -2.34. The molecule has 0 saturated carbocycles. The van der Waals surface area contributed by atoms with Gasteiger partial charge < -0.3 is 5.11 Å². The van der Waals surface area contributed by atoms with Gasteiger partial charge in [-0.3, -0.25) is 15.0 Å². The molecule has 9 heteroatoms. The molecule has 3 aromatic rings. The molecule has 1 saturated heterocycles. The van der Waals surface area contributed by atoms with Crippen molar-refractivity contribution in [3.8, 4) is 5.75 Å². The van der Waals surface area contributed by atoms with Crippen LogP contribution in [0, 0.1) is 10.1 Å². The van der Waals surface area contributed by atoms with E-state index in [2.05, 4.69) is 4.90 Å². The fraction of sp³-hybridized carbons (Fsp3) is 0.238. The second kappa shape index (κ2) is 8.02. The van der Waals surface area contributed by atoms with Crippen LogP contribution in [0.2, 0.25) is 0 Å². The number of para-hydroxylation sites is 1. The minimum absolute atomic E-state index is 0.212. The summed E-state index contributed by atoms with van der Waals surface area (Å²) in [5.74, 6) is 0.212. The zero-order valence-corrected chi connectivity index (χ0v) is 17.0. The Kier molecular flexibility index (Phi) is 5.42. The number of phenolic OH excluding ortho intramolecular Hbond substituents is 1. The minimum Gasteiger partial charge on any atom is -0.508 e. The molecule has 0 aromatic heterocycles. The number of sulfonamides is 1. The summed E-state index contributed by atoms with van der Waals surface area (Å²) in [6.07, 6.45) is 0. The first-order chi connectivity index (χ1) is 14.4. The van der Waals surface area contributed by atoms with E-state index in [1.54, 1.807) is 6.07 Å². The molecule has 1 aliphatic rings. The summed E-state index contributed by atoms with van der Waals surface area (Å²) < 4.78 is 27.2. The van der Waals surface area contributed by atoms with Gasteiger partial charge in [0, 0.05) is 44.4 Å². The lowest BCUT2D eigenvalue weighted by molar-refractivity contribution is -0.387. The summed E-state index contributed by atoms with van der Waals surface area (Å²) in [7, 11) is -3.96. The highest BCUT2D eigenvalue weighted by atomic mass is 32.2. The van der Waals surface area contributed by atoms with Crippen LogP contribution >= 0.6 is 0 Å². The molecule has 1 fully saturated rings. The predicted molar refractivity (Wildman–Crippen MR) is 113 cm³/mol. The molecule has 0 aliphatic carbocycles. The normalized spacial score (nSPS) is 16.0. The smallest absolute Gasteiger partial charge is 0.289 e. The molecule has 0 bridgehead atoms. The molecule has 1 N–H and O–H groups in total. The van der Waals surface area contributed by atoms with Gasteiger partial charge in [0.2, 0.25) is 10.0 Å². The van der Waals surface area contributed by atoms with E-state index in [0.717, 1.165) is 16.3 Å². The highest BCUT2D eigenvalue weighted by molar-refractivity contribution is 7.89. The number of nitro benzene ring substituents is 1. The maximum atomic E-state index is 13.0. The van der Waals surface area contributed by atoms with Crippen LogP contribution in [0.25, 0.3) is 10.8 Å². The fourth-order valence-electron chi connectivity index (χ4n) is 3.81. The van der Waals surface area contributed by atoms with Gasteiger partial charge >= 0.3 is 0 Å². The largest absolute Gasteiger partial charge is 0.508 e. The standard InChI is InChI=1S/C21H21N3O5S/c25-20-10-9-16-5-1-2-6-17(16)18(20)15-22-11-13-23(14-12-22)30(28,29)21-8-4-3-7-19(21)24(26)27/h1-10,25H,11-15H2. The third kappa shape index (κ3) is 3.74. The third-order valence-electron chi connectivity index (χ3n) is 5.41. The summed E-state index contributed by atoms with van der Waals surface area (Å²) in [6, 6.07) is 16.7. The summed E-state index contributed by atoms with van der Waals surface area (Å²) in [5.41, 5.74) is 0.392. The summed E-state index contributed by atoms with van der Waals surface area (Å²) in [5, 5.41) is 23.6. The molecule has 4 rings (SSSR count). The zero-order valence-electron chi connectivity index (χ0n) is 16.1. The van der Waals surface area contributed by atoms with Gasteiger partial charge in [-0.05, 0) is 22.9 Å². The van der Waals surface area contributed by atoms with Gasteiger partial charge in [0.1, 0.15) is 5.75 Å². The quantitative estimate of drug-likeness (QED) is 0.496. The van der Waals surface area contributed by atoms with Crippen molar-refractivity contribution in [2.45, 2.75) is 11.4 Å². The van der Waals surface area contributed by atoms with Crippen molar-refractivity contribution in [1.82, 2.24) is 9.21 Å². The lowest BCUT2D eigenvalue weighted by atomic mass is 10.0. The number of benzene rings is 3. The first-order valence-electron chi connectivity index (χ1n) is 9.53. The third-order valence-corrected chi connectivity index (χ3v) is 7.35. The molecule has 8 nitrogen and oxygen atoms in total. The monoisotopic (exact) mass is 427 g/mol. The summed E-state index contributed by atoms with van der Waals surface area (Å²) in [6.45, 7) is 1.86. The maximum absolute atomic E-state index is 13.0. The van der Waals surface area contributed by atoms with Crippen molar-refractivity contribution in [2.75, 3.05) is 26.2 Å². The second-order valence-electron chi connectivity index (χ2n) is 7.19. The molecule has 0 radical (unpaired) electrons. The number of hydrogen-bond acceptors (Lipinski definition) is 6. The van der Waals surface area contributed by atoms with Crippen LogP contribution in [0.1, 0.15) is 5.56 Å². The Bertz CT molecular complexity index is 1200. The Morgan fingerprint density at radius 2 is 1.60 bits per heavy atom. The Labute approximate surface area is 174 Å². The molecule has 0 amide bonds. The molecule has 1 aliphatic heterocycles. The van der Waals surface area contributed by atoms with Gasteiger partial charge in [-0.1, -0.05) is 42.5 Å². The number of phenols is 1. The average Bonchev–Trinajstić information content (AvgIpc) is 2.76. The van der Waals surface area contributed by atoms with Crippen LogP contribution < -0.4 is 0 Å². The van der Waals surface area contributed by atoms with Crippen LogP contribution in [0.15, 0.2) is 65.6 Å². The molecular formula is C21H21N3O5S. The number of rotatable bonds is 5. The second-order valence-corrected chi connectivity index (χ2v) is 9.10. The van der Waals surface area contributed by atoms with Gasteiger partial charge in [-0.15, -0.1) is 0 Å². The minimum atomic E-state index is -3.96. The van der Waals surface area contributed by atoms with Crippen molar-refractivity contribution in [1.29, 1.82) is 0 Å². The Balaban J connectivity index is 1.51. The van der Waals surface area contributed by atoms with E-state index in [4.69, 9.17) is 0 Å². The molecule has 0 atom stereocenters. The van der Waals surface area contributed by atoms with E-state index in [9.17, 15) is 23.6 Å². The fourth-order valence-corrected chi connectivity index (χ4v) is 5.39. The summed E-state index contributed by atoms with van der Waals surface area (Å²) in [4.78, 5) is 12.4. The zero-order chi connectivity index (χ0) is 21.3. The van der Waals surface area contributed by atoms with E-state index < -0.39 is 20.6 Å². The van der Waals surface area contributed by atoms with Gasteiger partial charge in [0.15, 0.2) is 4.90 Å². The molecule has 1 heterocycles. The van der Waals surface area contributed by atoms with E-state index >= 15 is 0 Å². The molecule has 30 heavy (non-hydrogen) atoms. The van der Waals surface area contributed by atoms with Crippen LogP contribution in [-0.2, 0) is 16.6 Å². The highest BCUT2D eigenvalue weighted by Gasteiger charge is 2.33. The van der Waals surface area contributed by atoms with Crippen molar-refractivity contribution >= 4 is 26.5 Å². The lowest BCUT2D eigenvalue weighted by Crippen LogP contribution is -2.48. The van der Waals surface area contributed by atoms with Gasteiger partial charge in [-0.2, -0.15) is 4.31 Å². The number of nitro groups is 1. The number of nitrogens with zero attached hydrogens (tertiary/aromatic N) is 3. The predicted octanol–water partition coefficient (Wildman–Crippen LogP) is 2.96. The molecule has 156 valence electrons. The van der Waals surface area contributed by atoms with Crippen molar-refractivity contribution in [3.05, 3.63) is 76.3 Å². The van der Waals surface area contributed by atoms with Crippen molar-refractivity contribution in [2.24, 2.45) is 0 Å². The topological polar surface area (TPSA) is 104 Å². The Hall–Kier alpha value is -3.01. The van der Waals surface area contributed by atoms with Crippen LogP contribution in [-0.4, -0.2) is 53.8 Å². The number of aromatic hydroxyl groups is 1. The van der Waals surface area contributed by atoms with Crippen LogP contribution in [0.3, 0.4) is 0 Å². The van der Waals surface area contributed by atoms with Gasteiger partial charge in [0.05, 0.1) is 4.92 Å². The van der Waals surface area contributed by atoms with Crippen LogP contribution in [0.5, 0.6) is 5.75 Å². The van der Waals surface area contributed by atoms with Gasteiger partial charge in [-0.25, -0.2) is 8.42 Å². The highest BCUT2D eigenvalue weighted by Crippen LogP contribution is 2.30. The SMILES string of the molecule is O=[N+]([O-])c1ccccc1S(=O)(=O)N1CCN(Cc2c(O)ccc3ccccc23)CC1. The number of fused-ring (bicyclic) bond motifs is 1. The average molecular weight is 427 g/mol. The Morgan fingerprint density at radius 3 is 2.33 bits per heavy atom. The number of piperazine rings is 1. The van der Waals surface area contributed by atoms with E-state index in [1.165, 1.54) is 28.6 Å². The Morgan fingerprint density at radius 1 is 0.933 bits per heavy atom. The molecular weight excluding hydrogens is 406 g/mol. The molecule has 3 aromatic carbocycles. The number of hydrogen-bond donors (Lipinski definition) is 1. The maximum Gasteiger partial charge on any atom is 0.289 e. The van der Waals surface area contributed by atoms with E-state index in [1.807, 2.05) is 30.3 Å². The van der Waals surface area contributed by atoms with Crippen LogP contribution in [0.4, 0.5) is 5.69 Å². The first-order valence-corrected chi connectivity index (χ1v) is 11.0. The molecule has 0 spiro atoms. The van der Waals surface area contributed by atoms with Crippen molar-refractivity contribution < 1.29 is 18.4 Å². The summed E-state index contributed by atoms with van der Waals surface area (Å²) >= 11 is 0. The van der Waals surface area contributed by atoms with Gasteiger partial charge in [0.25, 0.3) is 5.69 Å². The first kappa shape index (κ1) is 20.3. The molecule has 0 unspecified atom stereocenters.